The highest BCUT2D eigenvalue weighted by Gasteiger charge is 2.15. The Bertz CT molecular complexity index is 110. The van der Waals surface area contributed by atoms with E-state index in [9.17, 15) is 0 Å². The Morgan fingerprint density at radius 1 is 1.67 bits per heavy atom. The predicted octanol–water partition coefficient (Wildman–Crippen LogP) is 0.953. The summed E-state index contributed by atoms with van der Waals surface area (Å²) in [6, 6.07) is 0. The van der Waals surface area contributed by atoms with Crippen LogP contribution >= 0.6 is 0 Å². The van der Waals surface area contributed by atoms with E-state index < -0.39 is 0 Å². The van der Waals surface area contributed by atoms with Gasteiger partial charge in [0, 0.05) is 6.61 Å². The average Bonchev–Trinajstić information content (AvgIpc) is 2.57. The Morgan fingerprint density at radius 3 is 3.08 bits per heavy atom. The normalized spacial score (nSPS) is 26.0. The first-order valence-electron chi connectivity index (χ1n) is 4.70. The second kappa shape index (κ2) is 5.51. The number of hydrogen-bond donors (Lipinski definition) is 1. The number of ether oxygens (including phenoxy) is 2. The fourth-order valence-corrected chi connectivity index (χ4v) is 1.23. The molecule has 0 amide bonds. The van der Waals surface area contributed by atoms with Crippen LogP contribution in [0.4, 0.5) is 0 Å². The molecular weight excluding hydrogens is 156 g/mol. The lowest BCUT2D eigenvalue weighted by molar-refractivity contribution is -0.0175. The molecule has 3 nitrogen and oxygen atoms in total. The molecule has 1 rings (SSSR count). The van der Waals surface area contributed by atoms with Crippen LogP contribution in [0.3, 0.4) is 0 Å². The second-order valence-electron chi connectivity index (χ2n) is 3.23. The highest BCUT2D eigenvalue weighted by molar-refractivity contribution is 4.63. The van der Waals surface area contributed by atoms with Gasteiger partial charge < -0.3 is 14.6 Å². The van der Waals surface area contributed by atoms with Crippen molar-refractivity contribution in [1.29, 1.82) is 0 Å². The molecule has 2 atom stereocenters. The van der Waals surface area contributed by atoms with Gasteiger partial charge in [0.05, 0.1) is 25.4 Å². The molecule has 0 aromatic heterocycles. The molecule has 0 aromatic carbocycles. The van der Waals surface area contributed by atoms with Crippen molar-refractivity contribution in [2.45, 2.75) is 38.4 Å². The maximum absolute atomic E-state index is 9.17. The van der Waals surface area contributed by atoms with Crippen LogP contribution in [0.2, 0.25) is 0 Å². The molecule has 3 heteroatoms. The highest BCUT2D eigenvalue weighted by atomic mass is 16.5. The lowest BCUT2D eigenvalue weighted by atomic mass is 10.2. The first-order chi connectivity index (χ1) is 5.83. The third-order valence-corrected chi connectivity index (χ3v) is 2.11. The van der Waals surface area contributed by atoms with Gasteiger partial charge in [-0.1, -0.05) is 6.92 Å². The summed E-state index contributed by atoms with van der Waals surface area (Å²) in [4.78, 5) is 0. The summed E-state index contributed by atoms with van der Waals surface area (Å²) in [6.07, 6.45) is 2.96. The van der Waals surface area contributed by atoms with Gasteiger partial charge in [-0.05, 0) is 19.3 Å². The van der Waals surface area contributed by atoms with E-state index in [1.807, 2.05) is 6.92 Å². The van der Waals surface area contributed by atoms with Crippen molar-refractivity contribution in [3.8, 4) is 0 Å². The van der Waals surface area contributed by atoms with Crippen LogP contribution in [0.1, 0.15) is 26.2 Å². The van der Waals surface area contributed by atoms with Crippen molar-refractivity contribution < 1.29 is 14.6 Å². The predicted molar refractivity (Wildman–Crippen MR) is 46.1 cm³/mol. The standard InChI is InChI=1S/C9H18O3/c1-2-8(10)6-11-7-9-4-3-5-12-9/h8-10H,2-7H2,1H3. The monoisotopic (exact) mass is 174 g/mol. The Hall–Kier alpha value is -0.120. The summed E-state index contributed by atoms with van der Waals surface area (Å²) in [6.45, 7) is 3.89. The molecule has 2 unspecified atom stereocenters. The zero-order chi connectivity index (χ0) is 8.81. The summed E-state index contributed by atoms with van der Waals surface area (Å²) in [7, 11) is 0. The first-order valence-corrected chi connectivity index (χ1v) is 4.70. The van der Waals surface area contributed by atoms with Crippen LogP contribution in [-0.4, -0.2) is 37.1 Å². The molecule has 0 radical (unpaired) electrons. The third kappa shape index (κ3) is 3.52. The van der Waals surface area contributed by atoms with E-state index in [-0.39, 0.29) is 12.2 Å². The van der Waals surface area contributed by atoms with Crippen molar-refractivity contribution in [3.63, 3.8) is 0 Å². The molecule has 1 aliphatic heterocycles. The van der Waals surface area contributed by atoms with Crippen LogP contribution in [0.15, 0.2) is 0 Å². The molecule has 1 fully saturated rings. The lowest BCUT2D eigenvalue weighted by Gasteiger charge is -2.12. The Balaban J connectivity index is 1.94. The largest absolute Gasteiger partial charge is 0.391 e. The molecule has 1 N–H and O–H groups in total. The fraction of sp³-hybridized carbons (Fsp3) is 1.00. The maximum atomic E-state index is 9.17. The van der Waals surface area contributed by atoms with Crippen LogP contribution < -0.4 is 0 Å². The van der Waals surface area contributed by atoms with E-state index in [1.54, 1.807) is 0 Å². The van der Waals surface area contributed by atoms with Crippen LogP contribution in [0.5, 0.6) is 0 Å². The lowest BCUT2D eigenvalue weighted by Crippen LogP contribution is -2.20. The van der Waals surface area contributed by atoms with Gasteiger partial charge in [-0.15, -0.1) is 0 Å². The van der Waals surface area contributed by atoms with E-state index in [2.05, 4.69) is 0 Å². The summed E-state index contributed by atoms with van der Waals surface area (Å²) < 4.78 is 10.7. The van der Waals surface area contributed by atoms with Gasteiger partial charge in [0.1, 0.15) is 0 Å². The number of hydrogen-bond acceptors (Lipinski definition) is 3. The molecule has 0 aliphatic carbocycles. The fourth-order valence-electron chi connectivity index (χ4n) is 1.23. The minimum Gasteiger partial charge on any atom is -0.391 e. The second-order valence-corrected chi connectivity index (χ2v) is 3.23. The molecule has 1 saturated heterocycles. The highest BCUT2D eigenvalue weighted by Crippen LogP contribution is 2.11. The Kier molecular flexibility index (Phi) is 4.58. The van der Waals surface area contributed by atoms with E-state index in [0.717, 1.165) is 25.9 Å². The molecule has 72 valence electrons. The van der Waals surface area contributed by atoms with Gasteiger partial charge in [0.2, 0.25) is 0 Å². The zero-order valence-electron chi connectivity index (χ0n) is 7.66. The summed E-state index contributed by atoms with van der Waals surface area (Å²) in [5.41, 5.74) is 0. The zero-order valence-corrected chi connectivity index (χ0v) is 7.66. The van der Waals surface area contributed by atoms with E-state index in [4.69, 9.17) is 14.6 Å². The maximum Gasteiger partial charge on any atom is 0.0809 e. The molecule has 1 aliphatic rings. The summed E-state index contributed by atoms with van der Waals surface area (Å²) >= 11 is 0. The molecule has 0 saturated carbocycles. The minimum atomic E-state index is -0.314. The molecule has 0 spiro atoms. The average molecular weight is 174 g/mol. The van der Waals surface area contributed by atoms with Gasteiger partial charge in [-0.3, -0.25) is 0 Å². The Labute approximate surface area is 73.7 Å². The van der Waals surface area contributed by atoms with E-state index >= 15 is 0 Å². The number of aliphatic hydroxyl groups excluding tert-OH is 1. The minimum absolute atomic E-state index is 0.272. The van der Waals surface area contributed by atoms with Crippen molar-refractivity contribution in [2.75, 3.05) is 19.8 Å². The van der Waals surface area contributed by atoms with Crippen molar-refractivity contribution >= 4 is 0 Å². The van der Waals surface area contributed by atoms with Crippen molar-refractivity contribution in [3.05, 3.63) is 0 Å². The Morgan fingerprint density at radius 2 is 2.50 bits per heavy atom. The van der Waals surface area contributed by atoms with Gasteiger partial charge >= 0.3 is 0 Å². The molecule has 1 heterocycles. The van der Waals surface area contributed by atoms with Crippen molar-refractivity contribution in [2.24, 2.45) is 0 Å². The summed E-state index contributed by atoms with van der Waals surface area (Å²) in [5, 5.41) is 9.17. The summed E-state index contributed by atoms with van der Waals surface area (Å²) in [5.74, 6) is 0. The van der Waals surface area contributed by atoms with Gasteiger partial charge in [-0.2, -0.15) is 0 Å². The SMILES string of the molecule is CCC(O)COCC1CCCO1. The van der Waals surface area contributed by atoms with E-state index in [1.165, 1.54) is 0 Å². The molecule has 0 bridgehead atoms. The van der Waals surface area contributed by atoms with Gasteiger partial charge in [-0.25, -0.2) is 0 Å². The smallest absolute Gasteiger partial charge is 0.0809 e. The first kappa shape index (κ1) is 9.96. The molecule has 12 heavy (non-hydrogen) atoms. The quantitative estimate of drug-likeness (QED) is 0.674. The molecule has 0 aromatic rings. The van der Waals surface area contributed by atoms with Crippen LogP contribution in [-0.2, 0) is 9.47 Å². The van der Waals surface area contributed by atoms with Gasteiger partial charge in [0.15, 0.2) is 0 Å². The topological polar surface area (TPSA) is 38.7 Å². The number of rotatable bonds is 5. The van der Waals surface area contributed by atoms with Crippen molar-refractivity contribution in [1.82, 2.24) is 0 Å². The van der Waals surface area contributed by atoms with Crippen LogP contribution in [0.25, 0.3) is 0 Å². The van der Waals surface area contributed by atoms with E-state index in [0.29, 0.717) is 13.2 Å². The van der Waals surface area contributed by atoms with Crippen LogP contribution in [0, 0.1) is 0 Å². The third-order valence-electron chi connectivity index (χ3n) is 2.11. The molecular formula is C9H18O3. The van der Waals surface area contributed by atoms with Gasteiger partial charge in [0.25, 0.3) is 0 Å². The number of aliphatic hydroxyl groups is 1.